The van der Waals surface area contributed by atoms with Gasteiger partial charge in [0.25, 0.3) is 0 Å². The maximum atomic E-state index is 12.0. The van der Waals surface area contributed by atoms with E-state index >= 15 is 0 Å². The molecule has 2 atom stereocenters. The largest absolute Gasteiger partial charge is 0.478 e. The van der Waals surface area contributed by atoms with Crippen LogP contribution in [0, 0.1) is 11.8 Å². The van der Waals surface area contributed by atoms with Crippen molar-refractivity contribution >= 4 is 0 Å². The second-order valence-corrected chi connectivity index (χ2v) is 8.16. The number of piperidine rings is 1. The van der Waals surface area contributed by atoms with Gasteiger partial charge in [-0.15, -0.1) is 0 Å². The number of ether oxygens (including phenoxy) is 3. The summed E-state index contributed by atoms with van der Waals surface area (Å²) in [6.45, 7) is 7.03. The number of methoxy groups -OCH3 is 1. The molecule has 31 heavy (non-hydrogen) atoms. The fraction of sp³-hybridized carbons (Fsp3) is 0.636. The van der Waals surface area contributed by atoms with Crippen molar-refractivity contribution in [3.63, 3.8) is 0 Å². The second-order valence-electron chi connectivity index (χ2n) is 8.16. The van der Waals surface area contributed by atoms with Gasteiger partial charge in [-0.2, -0.15) is 4.98 Å². The minimum absolute atomic E-state index is 0.0694. The van der Waals surface area contributed by atoms with Crippen LogP contribution in [-0.4, -0.2) is 63.4 Å². The van der Waals surface area contributed by atoms with E-state index in [1.165, 1.54) is 0 Å². The molecule has 1 saturated heterocycles. The van der Waals surface area contributed by atoms with Crippen LogP contribution in [-0.2, 0) is 12.1 Å². The van der Waals surface area contributed by atoms with Gasteiger partial charge in [-0.3, -0.25) is 4.90 Å². The van der Waals surface area contributed by atoms with Crippen molar-refractivity contribution < 1.29 is 19.3 Å². The number of aliphatic hydroxyl groups is 1. The van der Waals surface area contributed by atoms with Gasteiger partial charge in [0.1, 0.15) is 5.60 Å². The van der Waals surface area contributed by atoms with Gasteiger partial charge >= 0.3 is 12.0 Å². The predicted molar refractivity (Wildman–Crippen MR) is 113 cm³/mol. The maximum Gasteiger partial charge on any atom is 0.319 e. The van der Waals surface area contributed by atoms with Gasteiger partial charge in [0.2, 0.25) is 5.88 Å². The van der Waals surface area contributed by atoms with Crippen molar-refractivity contribution in [2.24, 2.45) is 11.8 Å². The fourth-order valence-corrected chi connectivity index (χ4v) is 4.97. The summed E-state index contributed by atoms with van der Waals surface area (Å²) in [4.78, 5) is 19.6. The third kappa shape index (κ3) is 4.29. The molecule has 0 aromatic carbocycles. The zero-order valence-corrected chi connectivity index (χ0v) is 18.5. The van der Waals surface area contributed by atoms with E-state index in [0.717, 1.165) is 44.5 Å². The number of aromatic nitrogens is 4. The highest BCUT2D eigenvalue weighted by Gasteiger charge is 2.53. The van der Waals surface area contributed by atoms with Gasteiger partial charge in [0.05, 0.1) is 25.9 Å². The molecule has 2 aromatic rings. The lowest BCUT2D eigenvalue weighted by Crippen LogP contribution is -2.58. The molecule has 4 rings (SSSR count). The number of fused-ring (bicyclic) bond motifs is 2. The maximum absolute atomic E-state index is 12.0. The van der Waals surface area contributed by atoms with Crippen LogP contribution in [0.5, 0.6) is 17.9 Å². The summed E-state index contributed by atoms with van der Waals surface area (Å²) in [7, 11) is 1.56. The highest BCUT2D eigenvalue weighted by atomic mass is 16.5. The molecule has 168 valence electrons. The monoisotopic (exact) mass is 429 g/mol. The minimum atomic E-state index is -1.01. The molecule has 0 radical (unpaired) electrons. The first-order valence-corrected chi connectivity index (χ1v) is 11.0. The molecule has 2 fully saturated rings. The number of hydrogen-bond donors (Lipinski definition) is 1. The summed E-state index contributed by atoms with van der Waals surface area (Å²) < 4.78 is 16.3. The molecule has 9 heteroatoms. The van der Waals surface area contributed by atoms with Crippen LogP contribution >= 0.6 is 0 Å². The topological polar surface area (TPSA) is 103 Å². The lowest BCUT2D eigenvalue weighted by molar-refractivity contribution is -0.150. The van der Waals surface area contributed by atoms with E-state index in [1.54, 1.807) is 25.7 Å². The Kier molecular flexibility index (Phi) is 6.52. The molecule has 1 aliphatic heterocycles. The molecule has 9 nitrogen and oxygen atoms in total. The smallest absolute Gasteiger partial charge is 0.319 e. The highest BCUT2D eigenvalue weighted by molar-refractivity contribution is 5.34. The highest BCUT2D eigenvalue weighted by Crippen LogP contribution is 2.51. The summed E-state index contributed by atoms with van der Waals surface area (Å²) in [6.07, 6.45) is 8.30. The molecule has 0 unspecified atom stereocenters. The summed E-state index contributed by atoms with van der Waals surface area (Å²) in [6, 6.07) is 0.646. The Balaban J connectivity index is 1.58. The van der Waals surface area contributed by atoms with E-state index < -0.39 is 5.60 Å². The van der Waals surface area contributed by atoms with Gasteiger partial charge in [-0.1, -0.05) is 6.42 Å². The Hall–Kier alpha value is -2.52. The van der Waals surface area contributed by atoms with Crippen molar-refractivity contribution in [3.05, 3.63) is 29.7 Å². The summed E-state index contributed by atoms with van der Waals surface area (Å²) in [5.74, 6) is 0.567. The van der Waals surface area contributed by atoms with Crippen molar-refractivity contribution in [2.75, 3.05) is 33.4 Å². The molecule has 2 aliphatic rings. The normalized spacial score (nSPS) is 25.8. The van der Waals surface area contributed by atoms with Crippen LogP contribution in [0.25, 0.3) is 0 Å². The Labute approximate surface area is 182 Å². The first-order valence-electron chi connectivity index (χ1n) is 11.0. The molecule has 0 spiro atoms. The van der Waals surface area contributed by atoms with Crippen molar-refractivity contribution in [3.8, 4) is 17.9 Å². The molecule has 2 aromatic heterocycles. The molecule has 1 saturated carbocycles. The summed E-state index contributed by atoms with van der Waals surface area (Å²) in [5.41, 5.74) is 0.698. The predicted octanol–water partition coefficient (Wildman–Crippen LogP) is 2.19. The zero-order valence-electron chi connectivity index (χ0n) is 18.5. The standard InChI is InChI=1S/C22H31N5O4/c1-4-30-19-18(11-25-21(26-19)31-5-2)22(28)16-7-6-8-17(22)14-27(13-16)12-15-9-23-20(29-3)24-10-15/h9-11,16-17,28H,4-8,12-14H2,1-3H3/t16-,17-/m1/s1. The average Bonchev–Trinajstić information content (AvgIpc) is 2.76. The SMILES string of the molecule is CCOc1ncc(C2(O)[C@@H]3CCC[C@@H]2CN(Cc2cnc(OC)nc2)C3)c(OCC)n1. The zero-order chi connectivity index (χ0) is 21.8. The molecule has 3 heterocycles. The lowest BCUT2D eigenvalue weighted by Gasteiger charge is -2.53. The lowest BCUT2D eigenvalue weighted by atomic mass is 9.63. The van der Waals surface area contributed by atoms with Gasteiger partial charge in [-0.05, 0) is 26.7 Å². The first-order chi connectivity index (χ1) is 15.1. The average molecular weight is 430 g/mol. The molecule has 1 N–H and O–H groups in total. The third-order valence-corrected chi connectivity index (χ3v) is 6.30. The van der Waals surface area contributed by atoms with Crippen LogP contribution in [0.3, 0.4) is 0 Å². The summed E-state index contributed by atoms with van der Waals surface area (Å²) in [5, 5.41) is 12.0. The minimum Gasteiger partial charge on any atom is -0.478 e. The molecule has 0 amide bonds. The van der Waals surface area contributed by atoms with Crippen LogP contribution in [0.2, 0.25) is 0 Å². The Morgan fingerprint density at radius 2 is 1.65 bits per heavy atom. The second kappa shape index (κ2) is 9.32. The number of likely N-dealkylation sites (tertiary alicyclic amines) is 1. The van der Waals surface area contributed by atoms with E-state index in [2.05, 4.69) is 24.8 Å². The summed E-state index contributed by atoms with van der Waals surface area (Å²) >= 11 is 0. The number of rotatable bonds is 8. The van der Waals surface area contributed by atoms with Gasteiger partial charge < -0.3 is 19.3 Å². The third-order valence-electron chi connectivity index (χ3n) is 6.30. The van der Waals surface area contributed by atoms with E-state index in [4.69, 9.17) is 14.2 Å². The molecule has 2 bridgehead atoms. The molecular weight excluding hydrogens is 398 g/mol. The Bertz CT molecular complexity index is 865. The van der Waals surface area contributed by atoms with E-state index in [9.17, 15) is 5.11 Å². The van der Waals surface area contributed by atoms with E-state index in [0.29, 0.717) is 30.7 Å². The van der Waals surface area contributed by atoms with Crippen molar-refractivity contribution in [1.82, 2.24) is 24.8 Å². The van der Waals surface area contributed by atoms with E-state index in [-0.39, 0.29) is 17.8 Å². The van der Waals surface area contributed by atoms with Crippen LogP contribution < -0.4 is 14.2 Å². The quantitative estimate of drug-likeness (QED) is 0.676. The van der Waals surface area contributed by atoms with Gasteiger partial charge in [0.15, 0.2) is 0 Å². The van der Waals surface area contributed by atoms with E-state index in [1.807, 2.05) is 13.8 Å². The van der Waals surface area contributed by atoms with Gasteiger partial charge in [-0.25, -0.2) is 15.0 Å². The number of nitrogens with zero attached hydrogens (tertiary/aromatic N) is 5. The first kappa shape index (κ1) is 21.7. The van der Waals surface area contributed by atoms with Crippen LogP contribution in [0.1, 0.15) is 44.2 Å². The van der Waals surface area contributed by atoms with Gasteiger partial charge in [0, 0.05) is 55.6 Å². The van der Waals surface area contributed by atoms with Crippen molar-refractivity contribution in [2.45, 2.75) is 45.3 Å². The molecule has 1 aliphatic carbocycles. The Morgan fingerprint density at radius 3 is 2.26 bits per heavy atom. The fourth-order valence-electron chi connectivity index (χ4n) is 4.97. The Morgan fingerprint density at radius 1 is 1.00 bits per heavy atom. The van der Waals surface area contributed by atoms with Crippen molar-refractivity contribution in [1.29, 1.82) is 0 Å². The van der Waals surface area contributed by atoms with Crippen LogP contribution in [0.15, 0.2) is 18.6 Å². The molecular formula is C22H31N5O4. The van der Waals surface area contributed by atoms with Crippen LogP contribution in [0.4, 0.5) is 0 Å². The number of hydrogen-bond acceptors (Lipinski definition) is 9.